The number of aliphatic hydroxyl groups is 2. The van der Waals surface area contributed by atoms with Gasteiger partial charge in [0.2, 0.25) is 6.29 Å². The fraction of sp³-hybridized carbons (Fsp3) is 0.892. The predicted molar refractivity (Wildman–Crippen MR) is 170 cm³/mol. The number of carbonyl (C=O) groups excluding carboxylic acids is 4. The molecular weight excluding hydrogens is 604 g/mol. The van der Waals surface area contributed by atoms with E-state index in [9.17, 15) is 24.3 Å². The molecule has 5 aliphatic carbocycles. The molecule has 1 aliphatic heterocycles. The van der Waals surface area contributed by atoms with Crippen molar-refractivity contribution in [2.75, 3.05) is 13.2 Å². The molecular formula is C37H56O10. The number of aliphatic hydroxyl groups excluding tert-OH is 1. The Morgan fingerprint density at radius 2 is 1.72 bits per heavy atom. The first kappa shape index (κ1) is 35.1. The number of carbonyl (C=O) groups is 4. The zero-order chi connectivity index (χ0) is 34.5. The monoisotopic (exact) mass is 660 g/mol. The third kappa shape index (κ3) is 4.89. The van der Waals surface area contributed by atoms with Crippen LogP contribution in [-0.4, -0.2) is 83.6 Å². The third-order valence-corrected chi connectivity index (χ3v) is 14.8. The number of hydrogen-bond donors (Lipinski definition) is 2. The van der Waals surface area contributed by atoms with Crippen LogP contribution in [0, 0.1) is 50.7 Å². The van der Waals surface area contributed by atoms with Crippen LogP contribution in [0.2, 0.25) is 0 Å². The molecule has 2 spiro atoms. The van der Waals surface area contributed by atoms with E-state index in [1.807, 2.05) is 0 Å². The van der Waals surface area contributed by atoms with E-state index in [0.29, 0.717) is 18.6 Å². The van der Waals surface area contributed by atoms with Gasteiger partial charge in [0.05, 0.1) is 17.8 Å². The van der Waals surface area contributed by atoms with Gasteiger partial charge in [-0.1, -0.05) is 34.6 Å². The van der Waals surface area contributed by atoms with E-state index < -0.39 is 54.0 Å². The molecule has 10 nitrogen and oxygen atoms in total. The van der Waals surface area contributed by atoms with Crippen LogP contribution in [0.4, 0.5) is 0 Å². The fourth-order valence-electron chi connectivity index (χ4n) is 12.8. The van der Waals surface area contributed by atoms with Crippen molar-refractivity contribution >= 4 is 23.8 Å². The SMILES string of the molecule is CC(=O)OC(C1CC(C)C2C(O1)C(=O)C1(C)C3CCC4C(C)(C)C(OC(C=O)OCC(=O)CO)CCC45CC35CCC21C)C(C)(C)O. The Kier molecular flexibility index (Phi) is 8.52. The average Bonchev–Trinajstić information content (AvgIpc) is 3.62. The van der Waals surface area contributed by atoms with Crippen LogP contribution in [0.25, 0.3) is 0 Å². The van der Waals surface area contributed by atoms with Gasteiger partial charge in [-0.2, -0.15) is 0 Å². The first-order valence-electron chi connectivity index (χ1n) is 17.8. The van der Waals surface area contributed by atoms with Gasteiger partial charge in [0, 0.05) is 18.3 Å². The summed E-state index contributed by atoms with van der Waals surface area (Å²) in [5.74, 6) is 0.00542. The summed E-state index contributed by atoms with van der Waals surface area (Å²) in [4.78, 5) is 50.4. The maximum absolute atomic E-state index is 14.9. The molecule has 0 aromatic rings. The highest BCUT2D eigenvalue weighted by molar-refractivity contribution is 5.93. The van der Waals surface area contributed by atoms with Crippen LogP contribution in [0.5, 0.6) is 0 Å². The Bertz CT molecular complexity index is 1300. The molecule has 6 fully saturated rings. The van der Waals surface area contributed by atoms with Crippen molar-refractivity contribution in [2.45, 2.75) is 143 Å². The van der Waals surface area contributed by atoms with E-state index in [0.717, 1.165) is 44.9 Å². The molecule has 0 radical (unpaired) electrons. The van der Waals surface area contributed by atoms with Crippen LogP contribution >= 0.6 is 0 Å². The number of aldehydes is 1. The quantitative estimate of drug-likeness (QED) is 0.199. The number of rotatable bonds is 10. The van der Waals surface area contributed by atoms with Crippen LogP contribution in [0.3, 0.4) is 0 Å². The van der Waals surface area contributed by atoms with Gasteiger partial charge in [0.1, 0.15) is 19.3 Å². The lowest BCUT2D eigenvalue weighted by atomic mass is 9.41. The molecule has 1 heterocycles. The lowest BCUT2D eigenvalue weighted by molar-refractivity contribution is -0.222. The summed E-state index contributed by atoms with van der Waals surface area (Å²) in [5.41, 5.74) is -2.18. The van der Waals surface area contributed by atoms with E-state index in [2.05, 4.69) is 34.6 Å². The molecule has 13 unspecified atom stereocenters. The van der Waals surface area contributed by atoms with Crippen molar-refractivity contribution in [3.63, 3.8) is 0 Å². The fourth-order valence-corrected chi connectivity index (χ4v) is 12.8. The molecule has 6 rings (SSSR count). The largest absolute Gasteiger partial charge is 0.457 e. The lowest BCUT2D eigenvalue weighted by Crippen LogP contribution is -2.59. The predicted octanol–water partition coefficient (Wildman–Crippen LogP) is 4.20. The van der Waals surface area contributed by atoms with E-state index in [1.165, 1.54) is 6.92 Å². The first-order valence-corrected chi connectivity index (χ1v) is 17.8. The summed E-state index contributed by atoms with van der Waals surface area (Å²) in [5, 5.41) is 20.0. The van der Waals surface area contributed by atoms with Crippen molar-refractivity contribution in [3.8, 4) is 0 Å². The van der Waals surface area contributed by atoms with Gasteiger partial charge in [-0.15, -0.1) is 0 Å². The van der Waals surface area contributed by atoms with Crippen molar-refractivity contribution < 1.29 is 48.3 Å². The highest BCUT2D eigenvalue weighted by Gasteiger charge is 2.85. The van der Waals surface area contributed by atoms with Gasteiger partial charge < -0.3 is 29.2 Å². The maximum Gasteiger partial charge on any atom is 0.303 e. The van der Waals surface area contributed by atoms with Crippen LogP contribution < -0.4 is 0 Å². The number of hydrogen-bond acceptors (Lipinski definition) is 10. The van der Waals surface area contributed by atoms with Crippen molar-refractivity contribution in [1.29, 1.82) is 0 Å². The molecule has 0 bridgehead atoms. The second-order valence-corrected chi connectivity index (χ2v) is 17.7. The number of ether oxygens (including phenoxy) is 4. The van der Waals surface area contributed by atoms with E-state index in [-0.39, 0.29) is 57.9 Å². The summed E-state index contributed by atoms with van der Waals surface area (Å²) in [6.45, 7) is 14.8. The first-order chi connectivity index (χ1) is 21.8. The van der Waals surface area contributed by atoms with Crippen LogP contribution in [0.1, 0.15) is 107 Å². The minimum atomic E-state index is -1.32. The molecule has 13 atom stereocenters. The molecule has 6 aliphatic rings. The molecule has 264 valence electrons. The summed E-state index contributed by atoms with van der Waals surface area (Å²) in [6, 6.07) is 0. The maximum atomic E-state index is 14.9. The Balaban J connectivity index is 1.25. The van der Waals surface area contributed by atoms with Gasteiger partial charge in [-0.25, -0.2) is 0 Å². The normalized spacial score (nSPS) is 46.1. The minimum Gasteiger partial charge on any atom is -0.457 e. The smallest absolute Gasteiger partial charge is 0.303 e. The zero-order valence-corrected chi connectivity index (χ0v) is 29.5. The highest BCUT2D eigenvalue weighted by atomic mass is 16.7. The second kappa shape index (κ2) is 11.4. The lowest BCUT2D eigenvalue weighted by Gasteiger charge is -2.62. The Morgan fingerprint density at radius 1 is 1.06 bits per heavy atom. The second-order valence-electron chi connectivity index (χ2n) is 17.7. The molecule has 47 heavy (non-hydrogen) atoms. The minimum absolute atomic E-state index is 0.0550. The van der Waals surface area contributed by atoms with Crippen molar-refractivity contribution in [1.82, 2.24) is 0 Å². The van der Waals surface area contributed by atoms with E-state index >= 15 is 0 Å². The van der Waals surface area contributed by atoms with E-state index in [4.69, 9.17) is 24.1 Å². The van der Waals surface area contributed by atoms with E-state index in [1.54, 1.807) is 13.8 Å². The van der Waals surface area contributed by atoms with Crippen molar-refractivity contribution in [2.24, 2.45) is 50.7 Å². The average molecular weight is 661 g/mol. The molecule has 0 aromatic heterocycles. The number of fused-ring (bicyclic) bond motifs is 4. The Hall–Kier alpha value is -1.72. The standard InChI is InChI=1S/C37H56O10/c1-20-15-23(31(33(5,6)43)45-21(2)40)46-29-28(20)34(7)13-14-37-19-36(37)12-11-26(47-27(17-39)44-18-22(41)16-38)32(3,4)24(36)9-10-25(37)35(34,8)30(29)42/h17,20,23-29,31,38,43H,9-16,18-19H2,1-8H3. The molecule has 2 N–H and O–H groups in total. The summed E-state index contributed by atoms with van der Waals surface area (Å²) in [7, 11) is 0. The summed E-state index contributed by atoms with van der Waals surface area (Å²) < 4.78 is 24.0. The number of ketones is 2. The van der Waals surface area contributed by atoms with Gasteiger partial charge in [-0.05, 0) is 105 Å². The van der Waals surface area contributed by atoms with Gasteiger partial charge in [0.15, 0.2) is 24.0 Å². The molecule has 1 saturated heterocycles. The van der Waals surface area contributed by atoms with Gasteiger partial charge in [0.25, 0.3) is 0 Å². The highest BCUT2D eigenvalue weighted by Crippen LogP contribution is 2.89. The summed E-state index contributed by atoms with van der Waals surface area (Å²) in [6.07, 6.45) is 4.55. The Morgan fingerprint density at radius 3 is 2.34 bits per heavy atom. The topological polar surface area (TPSA) is 146 Å². The molecule has 10 heteroatoms. The third-order valence-electron chi connectivity index (χ3n) is 14.8. The zero-order valence-electron chi connectivity index (χ0n) is 29.5. The van der Waals surface area contributed by atoms with Crippen LogP contribution in [-0.2, 0) is 38.1 Å². The van der Waals surface area contributed by atoms with Gasteiger partial charge >= 0.3 is 5.97 Å². The number of esters is 1. The van der Waals surface area contributed by atoms with Crippen molar-refractivity contribution in [3.05, 3.63) is 0 Å². The summed E-state index contributed by atoms with van der Waals surface area (Å²) >= 11 is 0. The van der Waals surface area contributed by atoms with Crippen LogP contribution in [0.15, 0.2) is 0 Å². The Labute approximate surface area is 279 Å². The molecule has 0 amide bonds. The number of Topliss-reactive ketones (excluding diaryl/α,β-unsaturated/α-hetero) is 2. The molecule has 0 aromatic carbocycles. The van der Waals surface area contributed by atoms with Gasteiger partial charge in [-0.3, -0.25) is 19.2 Å². The molecule has 5 saturated carbocycles.